The molecule has 0 unspecified atom stereocenters. The normalized spacial score (nSPS) is 15.1. The van der Waals surface area contributed by atoms with Crippen molar-refractivity contribution >= 4 is 49.5 Å². The van der Waals surface area contributed by atoms with Gasteiger partial charge in [0.1, 0.15) is 5.66 Å². The van der Waals surface area contributed by atoms with Crippen LogP contribution in [0.4, 0.5) is 15.3 Å². The van der Waals surface area contributed by atoms with Crippen LogP contribution < -0.4 is 21.7 Å². The predicted octanol–water partition coefficient (Wildman–Crippen LogP) is 2.00. The van der Waals surface area contributed by atoms with Crippen LogP contribution in [0.5, 0.6) is 0 Å². The number of rotatable bonds is 7. The number of nitrogens with zero attached hydrogens (tertiary/aromatic N) is 3. The lowest BCUT2D eigenvalue weighted by Crippen LogP contribution is -2.54. The summed E-state index contributed by atoms with van der Waals surface area (Å²) >= 11 is 0. The molecule has 6 N–H and O–H groups in total. The number of hydrogen-bond donors (Lipinski definition) is 4. The fourth-order valence-electron chi connectivity index (χ4n) is 3.25. The van der Waals surface area contributed by atoms with Crippen LogP contribution in [0.15, 0.2) is 63.4 Å². The van der Waals surface area contributed by atoms with E-state index >= 15 is 0 Å². The monoisotopic (exact) mass is 556 g/mol. The molecule has 2 aromatic rings. The Morgan fingerprint density at radius 2 is 1.59 bits per heavy atom. The number of halogens is 1. The molecule has 1 aliphatic rings. The average Bonchev–Trinajstić information content (AvgIpc) is 2.77. The van der Waals surface area contributed by atoms with Gasteiger partial charge in [0, 0.05) is 17.8 Å². The number of nitrogens with two attached hydrogens (primary N) is 2. The van der Waals surface area contributed by atoms with E-state index in [0.717, 1.165) is 23.4 Å². The predicted molar refractivity (Wildman–Crippen MR) is 140 cm³/mol. The number of amides is 1. The number of nitrogens with one attached hydrogen (secondary N) is 1. The molecule has 1 heterocycles. The molecule has 0 fully saturated rings. The van der Waals surface area contributed by atoms with Gasteiger partial charge in [0.05, 0.1) is 10.6 Å². The molecule has 0 saturated carbocycles. The van der Waals surface area contributed by atoms with E-state index in [-0.39, 0.29) is 30.0 Å². The van der Waals surface area contributed by atoms with E-state index in [4.69, 9.17) is 16.0 Å². The molecule has 0 bridgehead atoms. The molecular formula is C22H29FN6O6S2. The third kappa shape index (κ3) is 9.11. The van der Waals surface area contributed by atoms with E-state index < -0.39 is 30.9 Å². The summed E-state index contributed by atoms with van der Waals surface area (Å²) in [7, 11) is -8.43. The molecule has 12 nitrogen and oxygen atoms in total. The first-order valence-electron chi connectivity index (χ1n) is 10.9. The number of aryl methyl sites for hydroxylation is 1. The molecule has 0 aromatic heterocycles. The Morgan fingerprint density at radius 3 is 2.05 bits per heavy atom. The van der Waals surface area contributed by atoms with Crippen LogP contribution in [0.2, 0.25) is 0 Å². The zero-order valence-electron chi connectivity index (χ0n) is 20.4. The van der Waals surface area contributed by atoms with Crippen molar-refractivity contribution in [1.29, 1.82) is 0 Å². The van der Waals surface area contributed by atoms with E-state index in [1.807, 2.05) is 38.1 Å². The highest BCUT2D eigenvalue weighted by Gasteiger charge is 2.32. The molecule has 0 radical (unpaired) electrons. The van der Waals surface area contributed by atoms with Gasteiger partial charge in [-0.25, -0.2) is 4.99 Å². The topological polar surface area (TPSA) is 198 Å². The van der Waals surface area contributed by atoms with Crippen molar-refractivity contribution in [2.24, 2.45) is 21.5 Å². The standard InChI is InChI=1S/C20H23FN6O3S.C2H6O3S/c1-20(2)26-18(22)25-19(23)27(20)15-8-3-13(4-9-15)5-12-17(28)24-14-6-10-16(11-7-14)31(21,29)30;1-2-6(3,4)5/h3-4,6-11H,5,12H2,1-2H3,(H,24,28)(H4,22,23,25,26);2H2,1H3,(H,3,4,5). The lowest BCUT2D eigenvalue weighted by molar-refractivity contribution is -0.116. The van der Waals surface area contributed by atoms with Gasteiger partial charge in [-0.05, 0) is 69.2 Å². The number of carbonyl (C=O) groups is 1. The summed E-state index contributed by atoms with van der Waals surface area (Å²) in [5.74, 6) is -0.0793. The van der Waals surface area contributed by atoms with Crippen LogP contribution in [-0.2, 0) is 31.6 Å². The van der Waals surface area contributed by atoms with E-state index in [9.17, 15) is 25.5 Å². The average molecular weight is 557 g/mol. The summed E-state index contributed by atoms with van der Waals surface area (Å²) in [6.45, 7) is 5.11. The van der Waals surface area contributed by atoms with Gasteiger partial charge in [0.15, 0.2) is 0 Å². The maximum absolute atomic E-state index is 12.9. The summed E-state index contributed by atoms with van der Waals surface area (Å²) in [5.41, 5.74) is 13.1. The van der Waals surface area contributed by atoms with Crippen molar-refractivity contribution in [3.05, 3.63) is 54.1 Å². The van der Waals surface area contributed by atoms with Crippen LogP contribution in [0.3, 0.4) is 0 Å². The first kappa shape index (κ1) is 29.7. The summed E-state index contributed by atoms with van der Waals surface area (Å²) in [5, 5.41) is 2.65. The molecule has 0 spiro atoms. The summed E-state index contributed by atoms with van der Waals surface area (Å²) in [4.78, 5) is 21.8. The molecule has 37 heavy (non-hydrogen) atoms. The van der Waals surface area contributed by atoms with E-state index in [0.29, 0.717) is 12.1 Å². The van der Waals surface area contributed by atoms with Gasteiger partial charge < -0.3 is 16.8 Å². The Labute approximate surface area is 215 Å². The Bertz CT molecular complexity index is 1390. The minimum atomic E-state index is -4.76. The number of aliphatic imine (C=N–C) groups is 2. The second-order valence-corrected chi connectivity index (χ2v) is 11.4. The van der Waals surface area contributed by atoms with Crippen LogP contribution in [-0.4, -0.2) is 50.6 Å². The molecule has 15 heteroatoms. The van der Waals surface area contributed by atoms with Crippen molar-refractivity contribution in [1.82, 2.24) is 0 Å². The first-order chi connectivity index (χ1) is 17.0. The van der Waals surface area contributed by atoms with Gasteiger partial charge in [0.25, 0.3) is 10.1 Å². The maximum Gasteiger partial charge on any atom is 0.332 e. The van der Waals surface area contributed by atoms with Crippen molar-refractivity contribution in [3.8, 4) is 0 Å². The Morgan fingerprint density at radius 1 is 1.05 bits per heavy atom. The molecule has 202 valence electrons. The molecule has 0 saturated heterocycles. The molecule has 1 aliphatic heterocycles. The van der Waals surface area contributed by atoms with Gasteiger partial charge in [-0.15, -0.1) is 3.89 Å². The SMILES string of the molecule is CC1(C)N=C(N)N=C(N)N1c1ccc(CCC(=O)Nc2ccc(S(=O)(=O)F)cc2)cc1.CCS(=O)(=O)O. The summed E-state index contributed by atoms with van der Waals surface area (Å²) < 4.78 is 61.5. The fraction of sp³-hybridized carbons (Fsp3) is 0.318. The van der Waals surface area contributed by atoms with Crippen molar-refractivity contribution in [2.45, 2.75) is 44.2 Å². The first-order valence-corrected chi connectivity index (χ1v) is 13.9. The van der Waals surface area contributed by atoms with E-state index in [1.54, 1.807) is 4.90 Å². The van der Waals surface area contributed by atoms with E-state index in [1.165, 1.54) is 19.1 Å². The zero-order chi connectivity index (χ0) is 28.0. The molecule has 3 rings (SSSR count). The third-order valence-electron chi connectivity index (χ3n) is 5.01. The Hall–Kier alpha value is -3.56. The number of anilines is 2. The van der Waals surface area contributed by atoms with Gasteiger partial charge in [0.2, 0.25) is 17.8 Å². The van der Waals surface area contributed by atoms with Crippen molar-refractivity contribution < 1.29 is 30.1 Å². The fourth-order valence-corrected chi connectivity index (χ4v) is 3.71. The van der Waals surface area contributed by atoms with Gasteiger partial charge in [-0.2, -0.15) is 21.8 Å². The Balaban J connectivity index is 0.000000717. The van der Waals surface area contributed by atoms with Crippen LogP contribution >= 0.6 is 0 Å². The molecule has 1 amide bonds. The van der Waals surface area contributed by atoms with Crippen LogP contribution in [0, 0.1) is 0 Å². The highest BCUT2D eigenvalue weighted by molar-refractivity contribution is 7.86. The smallest absolute Gasteiger partial charge is 0.332 e. The molecular weight excluding hydrogens is 527 g/mol. The van der Waals surface area contributed by atoms with Crippen molar-refractivity contribution in [2.75, 3.05) is 16.0 Å². The quantitative estimate of drug-likeness (QED) is 0.291. The van der Waals surface area contributed by atoms with Crippen LogP contribution in [0.1, 0.15) is 32.8 Å². The third-order valence-corrected chi connectivity index (χ3v) is 6.58. The number of guanidine groups is 2. The summed E-state index contributed by atoms with van der Waals surface area (Å²) in [6, 6.07) is 12.4. The number of hydrogen-bond acceptors (Lipinski definition) is 10. The lowest BCUT2D eigenvalue weighted by atomic mass is 10.1. The second kappa shape index (κ2) is 11.7. The van der Waals surface area contributed by atoms with E-state index in [2.05, 4.69) is 15.3 Å². The minimum Gasteiger partial charge on any atom is -0.369 e. The second-order valence-electron chi connectivity index (χ2n) is 8.32. The largest absolute Gasteiger partial charge is 0.369 e. The lowest BCUT2D eigenvalue weighted by Gasteiger charge is -2.38. The minimum absolute atomic E-state index is 0.127. The van der Waals surface area contributed by atoms with Gasteiger partial charge in [-0.3, -0.25) is 14.2 Å². The van der Waals surface area contributed by atoms with Gasteiger partial charge in [-0.1, -0.05) is 12.1 Å². The summed E-state index contributed by atoms with van der Waals surface area (Å²) in [6.07, 6.45) is 0.698. The highest BCUT2D eigenvalue weighted by atomic mass is 32.3. The Kier molecular flexibility index (Phi) is 9.35. The maximum atomic E-state index is 12.9. The number of benzene rings is 2. The van der Waals surface area contributed by atoms with Crippen LogP contribution in [0.25, 0.3) is 0 Å². The highest BCUT2D eigenvalue weighted by Crippen LogP contribution is 2.27. The molecule has 0 atom stereocenters. The molecule has 0 aliphatic carbocycles. The molecule has 2 aromatic carbocycles. The van der Waals surface area contributed by atoms with Crippen molar-refractivity contribution in [3.63, 3.8) is 0 Å². The number of carbonyl (C=O) groups excluding carboxylic acids is 1. The van der Waals surface area contributed by atoms with Gasteiger partial charge >= 0.3 is 10.2 Å². The zero-order valence-corrected chi connectivity index (χ0v) is 22.1.